The van der Waals surface area contributed by atoms with Gasteiger partial charge in [0.15, 0.2) is 0 Å². The average Bonchev–Trinajstić information content (AvgIpc) is 2.55. The molecule has 5 heteroatoms. The molecule has 3 nitrogen and oxygen atoms in total. The van der Waals surface area contributed by atoms with Crippen LogP contribution < -0.4 is 0 Å². The molecule has 0 amide bonds. The lowest BCUT2D eigenvalue weighted by Crippen LogP contribution is -1.95. The Hall–Kier alpha value is -0.680. The Bertz CT molecular complexity index is 642. The van der Waals surface area contributed by atoms with E-state index in [1.165, 1.54) is 0 Å². The summed E-state index contributed by atoms with van der Waals surface area (Å²) in [4.78, 5) is 3.59. The van der Waals surface area contributed by atoms with Gasteiger partial charge in [0, 0.05) is 16.8 Å². The fourth-order valence-electron chi connectivity index (χ4n) is 0.749. The van der Waals surface area contributed by atoms with E-state index in [-0.39, 0.29) is 45.4 Å². The van der Waals surface area contributed by atoms with Crippen LogP contribution in [0.25, 0.3) is 5.69 Å². The summed E-state index contributed by atoms with van der Waals surface area (Å²) in [5, 5.41) is 3.79. The van der Waals surface area contributed by atoms with E-state index in [1.807, 2.05) is 0 Å². The Morgan fingerprint density at radius 2 is 2.23 bits per heavy atom. The standard InChI is InChI=1S/C8H5Br2N3/c9-6-3-12-13(5-6)8-4-11-2-1-7(8)10/h1-5H/i1D,2D,3D,4D,5D. The van der Waals surface area contributed by atoms with Crippen LogP contribution in [0, 0.1) is 0 Å². The molecule has 0 N–H and O–H groups in total. The molecular formula is C8H5Br2N3. The molecule has 0 aliphatic rings. The van der Waals surface area contributed by atoms with Gasteiger partial charge in [-0.25, -0.2) is 4.68 Å². The second kappa shape index (κ2) is 3.59. The number of pyridine rings is 1. The SMILES string of the molecule is [2H]c1nc([2H])c(-n2nc([2H])c(Br)c2[2H])c(Br)c1[2H]. The van der Waals surface area contributed by atoms with E-state index in [0.29, 0.717) is 0 Å². The molecule has 2 aromatic heterocycles. The minimum atomic E-state index is -0.334. The first kappa shape index (κ1) is 4.70. The van der Waals surface area contributed by atoms with Crippen molar-refractivity contribution in [2.75, 3.05) is 0 Å². The van der Waals surface area contributed by atoms with Crippen molar-refractivity contribution >= 4 is 31.9 Å². The molecule has 0 unspecified atom stereocenters. The number of halogens is 2. The minimum Gasteiger partial charge on any atom is -0.262 e. The van der Waals surface area contributed by atoms with Crippen LogP contribution in [-0.2, 0) is 0 Å². The summed E-state index contributed by atoms with van der Waals surface area (Å²) in [6.07, 6.45) is -0.883. The summed E-state index contributed by atoms with van der Waals surface area (Å²) in [5.74, 6) is 0. The molecule has 0 saturated heterocycles. The van der Waals surface area contributed by atoms with E-state index >= 15 is 0 Å². The van der Waals surface area contributed by atoms with Gasteiger partial charge in [0.05, 0.1) is 29.4 Å². The topological polar surface area (TPSA) is 30.7 Å². The van der Waals surface area contributed by atoms with E-state index in [0.717, 1.165) is 4.68 Å². The van der Waals surface area contributed by atoms with Crippen LogP contribution >= 0.6 is 31.9 Å². The Morgan fingerprint density at radius 1 is 1.38 bits per heavy atom. The molecule has 2 rings (SSSR count). The number of aromatic nitrogens is 3. The van der Waals surface area contributed by atoms with Crippen LogP contribution in [0.5, 0.6) is 0 Å². The fourth-order valence-corrected chi connectivity index (χ4v) is 1.34. The summed E-state index contributed by atoms with van der Waals surface area (Å²) < 4.78 is 39.3. The van der Waals surface area contributed by atoms with Crippen molar-refractivity contribution in [3.05, 3.63) is 39.7 Å². The third-order valence-electron chi connectivity index (χ3n) is 1.26. The van der Waals surface area contributed by atoms with Crippen molar-refractivity contribution in [1.82, 2.24) is 14.8 Å². The zero-order valence-corrected chi connectivity index (χ0v) is 9.27. The van der Waals surface area contributed by atoms with Crippen LogP contribution in [0.1, 0.15) is 6.85 Å². The summed E-state index contributed by atoms with van der Waals surface area (Å²) in [6, 6.07) is -0.196. The molecule has 0 saturated carbocycles. The van der Waals surface area contributed by atoms with Gasteiger partial charge in [-0.3, -0.25) is 4.98 Å². The largest absolute Gasteiger partial charge is 0.262 e. The maximum absolute atomic E-state index is 7.76. The second-order valence-corrected chi connectivity index (χ2v) is 3.66. The maximum atomic E-state index is 7.76. The Kier molecular flexibility index (Phi) is 1.30. The minimum absolute atomic E-state index is 0.0696. The fraction of sp³-hybridized carbons (Fsp3) is 0. The van der Waals surface area contributed by atoms with Crippen LogP contribution in [-0.4, -0.2) is 14.8 Å². The molecule has 0 fully saturated rings. The van der Waals surface area contributed by atoms with E-state index in [9.17, 15) is 0 Å². The van der Waals surface area contributed by atoms with Gasteiger partial charge >= 0.3 is 0 Å². The molecule has 0 spiro atoms. The number of rotatable bonds is 1. The average molecular weight is 308 g/mol. The van der Waals surface area contributed by atoms with Crippen LogP contribution in [0.3, 0.4) is 0 Å². The highest BCUT2D eigenvalue weighted by atomic mass is 79.9. The lowest BCUT2D eigenvalue weighted by molar-refractivity contribution is 0.869. The highest BCUT2D eigenvalue weighted by Gasteiger charge is 2.02. The van der Waals surface area contributed by atoms with E-state index in [4.69, 9.17) is 6.85 Å². The van der Waals surface area contributed by atoms with Gasteiger partial charge in [0.2, 0.25) is 0 Å². The maximum Gasteiger partial charge on any atom is 0.0971 e. The summed E-state index contributed by atoms with van der Waals surface area (Å²) >= 11 is 6.14. The van der Waals surface area contributed by atoms with Crippen LogP contribution in [0.15, 0.2) is 39.7 Å². The molecule has 0 atom stereocenters. The van der Waals surface area contributed by atoms with Crippen molar-refractivity contribution in [2.45, 2.75) is 0 Å². The van der Waals surface area contributed by atoms with Gasteiger partial charge in [0.1, 0.15) is 0 Å². The third kappa shape index (κ3) is 1.81. The van der Waals surface area contributed by atoms with Crippen molar-refractivity contribution < 1.29 is 6.85 Å². The van der Waals surface area contributed by atoms with Crippen LogP contribution in [0.2, 0.25) is 0 Å². The van der Waals surface area contributed by atoms with Gasteiger partial charge in [-0.05, 0) is 37.9 Å². The molecule has 13 heavy (non-hydrogen) atoms. The number of hydrogen-bond donors (Lipinski definition) is 0. The Morgan fingerprint density at radius 3 is 2.92 bits per heavy atom. The molecule has 0 aliphatic heterocycles. The van der Waals surface area contributed by atoms with Crippen LogP contribution in [0.4, 0.5) is 0 Å². The molecule has 2 aromatic rings. The number of nitrogens with zero attached hydrogens (tertiary/aromatic N) is 3. The summed E-state index contributed by atoms with van der Waals surface area (Å²) in [7, 11) is 0. The first-order valence-corrected chi connectivity index (χ1v) is 4.78. The zero-order valence-electron chi connectivity index (χ0n) is 11.1. The molecule has 2 heterocycles. The Labute approximate surface area is 99.1 Å². The normalized spacial score (nSPS) is 15.7. The molecule has 0 aliphatic carbocycles. The molecule has 0 aromatic carbocycles. The van der Waals surface area contributed by atoms with Crippen molar-refractivity contribution in [2.24, 2.45) is 0 Å². The van der Waals surface area contributed by atoms with Crippen molar-refractivity contribution in [3.63, 3.8) is 0 Å². The summed E-state index contributed by atoms with van der Waals surface area (Å²) in [5.41, 5.74) is 0.0696. The lowest BCUT2D eigenvalue weighted by Gasteiger charge is -2.01. The van der Waals surface area contributed by atoms with E-state index in [1.54, 1.807) is 0 Å². The smallest absolute Gasteiger partial charge is 0.0971 e. The zero-order chi connectivity index (χ0) is 13.6. The van der Waals surface area contributed by atoms with Gasteiger partial charge in [-0.2, -0.15) is 5.10 Å². The third-order valence-corrected chi connectivity index (χ3v) is 2.18. The highest BCUT2D eigenvalue weighted by Crippen LogP contribution is 2.19. The predicted octanol–water partition coefficient (Wildman–Crippen LogP) is 2.79. The molecule has 66 valence electrons. The van der Waals surface area contributed by atoms with Gasteiger partial charge in [-0.1, -0.05) is 0 Å². The molecule has 0 bridgehead atoms. The van der Waals surface area contributed by atoms with Gasteiger partial charge < -0.3 is 0 Å². The van der Waals surface area contributed by atoms with Gasteiger partial charge in [0.25, 0.3) is 0 Å². The second-order valence-electron chi connectivity index (χ2n) is 2.07. The van der Waals surface area contributed by atoms with Crippen molar-refractivity contribution in [3.8, 4) is 5.69 Å². The molecular weight excluding hydrogens is 298 g/mol. The Balaban J connectivity index is 2.79. The first-order chi connectivity index (χ1) is 8.34. The van der Waals surface area contributed by atoms with E-state index < -0.39 is 0 Å². The van der Waals surface area contributed by atoms with Gasteiger partial charge in [-0.15, -0.1) is 0 Å². The quantitative estimate of drug-likeness (QED) is 0.811. The van der Waals surface area contributed by atoms with Crippen molar-refractivity contribution in [1.29, 1.82) is 0 Å². The molecule has 0 radical (unpaired) electrons. The monoisotopic (exact) mass is 306 g/mol. The van der Waals surface area contributed by atoms with E-state index in [2.05, 4.69) is 41.9 Å². The predicted molar refractivity (Wildman–Crippen MR) is 56.8 cm³/mol. The highest BCUT2D eigenvalue weighted by molar-refractivity contribution is 9.10. The first-order valence-electron chi connectivity index (χ1n) is 5.70. The number of hydrogen-bond acceptors (Lipinski definition) is 2. The summed E-state index contributed by atoms with van der Waals surface area (Å²) in [6.45, 7) is 0. The lowest BCUT2D eigenvalue weighted by atomic mass is 10.4.